The number of carbonyl (C=O) groups excluding carboxylic acids is 1. The molecule has 1 amide bonds. The lowest BCUT2D eigenvalue weighted by molar-refractivity contribution is -0.139. The predicted octanol–water partition coefficient (Wildman–Crippen LogP) is 4.39. The van der Waals surface area contributed by atoms with Crippen LogP contribution in [0.25, 0.3) is 32.9 Å². The first-order valence-electron chi connectivity index (χ1n) is 15.3. The number of rotatable bonds is 8. The minimum atomic E-state index is -1.94. The summed E-state index contributed by atoms with van der Waals surface area (Å²) in [4.78, 5) is 42.2. The predicted molar refractivity (Wildman–Crippen MR) is 180 cm³/mol. The number of anilines is 1. The Hall–Kier alpha value is -5.71. The number of fused-ring (bicyclic) bond motifs is 3. The fraction of sp³-hybridized carbons (Fsp3) is 0.162. The van der Waals surface area contributed by atoms with Crippen LogP contribution >= 0.6 is 0 Å². The van der Waals surface area contributed by atoms with Crippen LogP contribution in [0.4, 0.5) is 5.69 Å². The van der Waals surface area contributed by atoms with E-state index in [-0.39, 0.29) is 24.3 Å². The number of nitrogens with zero attached hydrogens (tertiary/aromatic N) is 5. The third kappa shape index (κ3) is 5.04. The van der Waals surface area contributed by atoms with Gasteiger partial charge in [-0.3, -0.25) is 14.4 Å². The molecule has 2 aromatic heterocycles. The standard InChI is InChI=1S/C37H31N5O5/c1-24(8-6-7-19-43)37(47)32-20-29(42-35(45)31-12-5-3-10-27(31)22-39-42)17-18-33(32)40(36(37)46)23-25-13-15-28(16-14-25)41-34(44)30-11-4-2-9-26(30)21-38-41/h2-6,8-18,20-22,24,43,47H,7,19,23H2,1H3/b8-6+/t24-,37+/m0/s1. The lowest BCUT2D eigenvalue weighted by atomic mass is 9.82. The number of amides is 1. The zero-order chi connectivity index (χ0) is 32.7. The van der Waals surface area contributed by atoms with Crippen molar-refractivity contribution in [2.24, 2.45) is 5.92 Å². The van der Waals surface area contributed by atoms with Gasteiger partial charge in [-0.2, -0.15) is 19.6 Å². The van der Waals surface area contributed by atoms with E-state index in [1.165, 1.54) is 14.3 Å². The summed E-state index contributed by atoms with van der Waals surface area (Å²) in [6, 6.07) is 26.7. The molecule has 0 saturated carbocycles. The molecule has 2 N–H and O–H groups in total. The second kappa shape index (κ2) is 11.9. The summed E-state index contributed by atoms with van der Waals surface area (Å²) in [5.74, 6) is -1.17. The molecule has 0 bridgehead atoms. The van der Waals surface area contributed by atoms with E-state index >= 15 is 0 Å². The van der Waals surface area contributed by atoms with Gasteiger partial charge < -0.3 is 15.1 Å². The van der Waals surface area contributed by atoms with Gasteiger partial charge in [0.15, 0.2) is 5.60 Å². The number of aliphatic hydroxyl groups is 2. The van der Waals surface area contributed by atoms with Crippen LogP contribution < -0.4 is 16.0 Å². The largest absolute Gasteiger partial charge is 0.396 e. The molecule has 0 fully saturated rings. The normalized spacial score (nSPS) is 16.7. The molecular weight excluding hydrogens is 594 g/mol. The maximum Gasteiger partial charge on any atom is 0.279 e. The highest BCUT2D eigenvalue weighted by molar-refractivity contribution is 6.07. The summed E-state index contributed by atoms with van der Waals surface area (Å²) in [5.41, 5.74) is 0.130. The summed E-state index contributed by atoms with van der Waals surface area (Å²) in [5, 5.41) is 32.7. The van der Waals surface area contributed by atoms with E-state index in [0.29, 0.717) is 45.2 Å². The summed E-state index contributed by atoms with van der Waals surface area (Å²) < 4.78 is 2.61. The Morgan fingerprint density at radius 2 is 1.36 bits per heavy atom. The molecule has 1 aliphatic heterocycles. The topological polar surface area (TPSA) is 131 Å². The van der Waals surface area contributed by atoms with Crippen molar-refractivity contribution in [2.75, 3.05) is 11.5 Å². The highest BCUT2D eigenvalue weighted by atomic mass is 16.3. The van der Waals surface area contributed by atoms with Gasteiger partial charge in [-0.1, -0.05) is 67.6 Å². The summed E-state index contributed by atoms with van der Waals surface area (Å²) in [7, 11) is 0. The molecule has 0 spiro atoms. The van der Waals surface area contributed by atoms with Gasteiger partial charge >= 0.3 is 0 Å². The van der Waals surface area contributed by atoms with Crippen LogP contribution in [0, 0.1) is 5.92 Å². The van der Waals surface area contributed by atoms with Crippen molar-refractivity contribution in [1.29, 1.82) is 0 Å². The Morgan fingerprint density at radius 1 is 0.787 bits per heavy atom. The Balaban J connectivity index is 1.26. The molecule has 7 rings (SSSR count). The smallest absolute Gasteiger partial charge is 0.279 e. The van der Waals surface area contributed by atoms with E-state index in [0.717, 1.165) is 10.9 Å². The second-order valence-corrected chi connectivity index (χ2v) is 11.7. The number of aromatic nitrogens is 4. The Morgan fingerprint density at radius 3 is 1.98 bits per heavy atom. The van der Waals surface area contributed by atoms with Crippen molar-refractivity contribution < 1.29 is 15.0 Å². The van der Waals surface area contributed by atoms with Crippen molar-refractivity contribution in [3.63, 3.8) is 0 Å². The average molecular weight is 626 g/mol. The fourth-order valence-corrected chi connectivity index (χ4v) is 6.21. The summed E-state index contributed by atoms with van der Waals surface area (Å²) >= 11 is 0. The van der Waals surface area contributed by atoms with Gasteiger partial charge in [-0.05, 0) is 54.4 Å². The molecule has 3 heterocycles. The van der Waals surface area contributed by atoms with E-state index < -0.39 is 17.4 Å². The van der Waals surface area contributed by atoms with Crippen molar-refractivity contribution in [2.45, 2.75) is 25.5 Å². The number of carbonyl (C=O) groups is 1. The van der Waals surface area contributed by atoms with Crippen molar-refractivity contribution in [3.8, 4) is 11.4 Å². The van der Waals surface area contributed by atoms with E-state index in [9.17, 15) is 24.6 Å². The van der Waals surface area contributed by atoms with E-state index in [1.807, 2.05) is 42.5 Å². The van der Waals surface area contributed by atoms with Crippen molar-refractivity contribution >= 4 is 33.1 Å². The van der Waals surface area contributed by atoms with Gasteiger partial charge in [-0.25, -0.2) is 0 Å². The van der Waals surface area contributed by atoms with Crippen LogP contribution in [-0.2, 0) is 16.9 Å². The SMILES string of the molecule is C[C@@H](/C=C/CCO)[C@]1(O)C(=O)N(Cc2ccc(-n3ncc4ccccc4c3=O)cc2)c2ccc(-n3ncc4ccccc4c3=O)cc21. The molecule has 0 saturated heterocycles. The Kier molecular flexibility index (Phi) is 7.59. The second-order valence-electron chi connectivity index (χ2n) is 11.7. The maximum atomic E-state index is 14.2. The number of aliphatic hydroxyl groups excluding tert-OH is 1. The third-order valence-corrected chi connectivity index (χ3v) is 8.79. The quantitative estimate of drug-likeness (QED) is 0.240. The summed E-state index contributed by atoms with van der Waals surface area (Å²) in [6.07, 6.45) is 7.09. The highest BCUT2D eigenvalue weighted by Crippen LogP contribution is 2.46. The monoisotopic (exact) mass is 625 g/mol. The van der Waals surface area contributed by atoms with Gasteiger partial charge in [0, 0.05) is 28.9 Å². The van der Waals surface area contributed by atoms with E-state index in [1.54, 1.807) is 80.0 Å². The fourth-order valence-electron chi connectivity index (χ4n) is 6.21. The van der Waals surface area contributed by atoms with Gasteiger partial charge in [-0.15, -0.1) is 0 Å². The Labute approximate surface area is 269 Å². The van der Waals surface area contributed by atoms with Crippen LogP contribution in [-0.4, -0.2) is 42.3 Å². The molecule has 6 aromatic rings. The maximum absolute atomic E-state index is 14.2. The molecule has 0 radical (unpaired) electrons. The molecule has 10 heteroatoms. The van der Waals surface area contributed by atoms with Crippen LogP contribution in [0.1, 0.15) is 24.5 Å². The highest BCUT2D eigenvalue weighted by Gasteiger charge is 2.52. The molecular formula is C37H31N5O5. The lowest BCUT2D eigenvalue weighted by Gasteiger charge is -2.28. The first kappa shape index (κ1) is 30.0. The third-order valence-electron chi connectivity index (χ3n) is 8.79. The van der Waals surface area contributed by atoms with Gasteiger partial charge in [0.25, 0.3) is 17.0 Å². The van der Waals surface area contributed by atoms with Gasteiger partial charge in [0.1, 0.15) is 0 Å². The molecule has 234 valence electrons. The molecule has 4 aromatic carbocycles. The summed E-state index contributed by atoms with van der Waals surface area (Å²) in [6.45, 7) is 1.83. The average Bonchev–Trinajstić information content (AvgIpc) is 3.31. The number of benzene rings is 4. The van der Waals surface area contributed by atoms with Crippen LogP contribution in [0.15, 0.2) is 125 Å². The lowest BCUT2D eigenvalue weighted by Crippen LogP contribution is -2.44. The first-order valence-corrected chi connectivity index (χ1v) is 15.3. The molecule has 10 nitrogen and oxygen atoms in total. The minimum absolute atomic E-state index is 0.0597. The van der Waals surface area contributed by atoms with Crippen LogP contribution in [0.2, 0.25) is 0 Å². The first-order chi connectivity index (χ1) is 22.8. The van der Waals surface area contributed by atoms with E-state index in [2.05, 4.69) is 10.2 Å². The molecule has 1 aliphatic rings. The van der Waals surface area contributed by atoms with E-state index in [4.69, 9.17) is 0 Å². The minimum Gasteiger partial charge on any atom is -0.396 e. The van der Waals surface area contributed by atoms with Crippen molar-refractivity contribution in [1.82, 2.24) is 19.6 Å². The molecule has 0 aliphatic carbocycles. The zero-order valence-electron chi connectivity index (χ0n) is 25.5. The number of hydrogen-bond acceptors (Lipinski definition) is 7. The van der Waals surface area contributed by atoms with Crippen LogP contribution in [0.5, 0.6) is 0 Å². The molecule has 0 unspecified atom stereocenters. The molecule has 47 heavy (non-hydrogen) atoms. The molecule has 2 atom stereocenters. The van der Waals surface area contributed by atoms with Gasteiger partial charge in [0.05, 0.1) is 46.8 Å². The Bertz CT molecular complexity index is 2310. The van der Waals surface area contributed by atoms with Crippen LogP contribution in [0.3, 0.4) is 0 Å². The zero-order valence-corrected chi connectivity index (χ0v) is 25.5. The number of hydrogen-bond donors (Lipinski definition) is 2. The van der Waals surface area contributed by atoms with Gasteiger partial charge in [0.2, 0.25) is 0 Å². The van der Waals surface area contributed by atoms with Crippen molar-refractivity contribution in [3.05, 3.63) is 147 Å².